The highest BCUT2D eigenvalue weighted by molar-refractivity contribution is 5.95. The van der Waals surface area contributed by atoms with Gasteiger partial charge >= 0.3 is 0 Å². The maximum Gasteiger partial charge on any atom is 0.269 e. The van der Waals surface area contributed by atoms with E-state index in [4.69, 9.17) is 4.42 Å². The second kappa shape index (κ2) is 11.0. The summed E-state index contributed by atoms with van der Waals surface area (Å²) in [6.45, 7) is 5.96. The molecule has 0 bridgehead atoms. The van der Waals surface area contributed by atoms with Gasteiger partial charge in [0.2, 0.25) is 0 Å². The summed E-state index contributed by atoms with van der Waals surface area (Å²) < 4.78 is 5.51. The quantitative estimate of drug-likeness (QED) is 0.463. The van der Waals surface area contributed by atoms with Crippen LogP contribution in [-0.2, 0) is 4.79 Å². The molecule has 7 nitrogen and oxygen atoms in total. The Balaban J connectivity index is 1.53. The van der Waals surface area contributed by atoms with E-state index in [1.54, 1.807) is 24.5 Å². The van der Waals surface area contributed by atoms with E-state index in [-0.39, 0.29) is 24.4 Å². The van der Waals surface area contributed by atoms with Gasteiger partial charge in [-0.3, -0.25) is 25.8 Å². The zero-order valence-corrected chi connectivity index (χ0v) is 17.8. The smallest absolute Gasteiger partial charge is 0.269 e. The molecule has 2 aromatic carbocycles. The highest BCUT2D eigenvalue weighted by Gasteiger charge is 2.17. The molecule has 0 aliphatic heterocycles. The summed E-state index contributed by atoms with van der Waals surface area (Å²) in [6.07, 6.45) is 1.60. The second-order valence-electron chi connectivity index (χ2n) is 6.96. The lowest BCUT2D eigenvalue weighted by Crippen LogP contribution is -2.46. The van der Waals surface area contributed by atoms with Gasteiger partial charge in [-0.25, -0.2) is 0 Å². The number of benzene rings is 2. The summed E-state index contributed by atoms with van der Waals surface area (Å²) in [6, 6.07) is 20.4. The van der Waals surface area contributed by atoms with Crippen LogP contribution >= 0.6 is 0 Å². The Hall–Kier alpha value is -3.58. The van der Waals surface area contributed by atoms with E-state index in [1.807, 2.05) is 48.5 Å². The Kier molecular flexibility index (Phi) is 7.84. The Morgan fingerprint density at radius 2 is 1.61 bits per heavy atom. The summed E-state index contributed by atoms with van der Waals surface area (Å²) in [5, 5.41) is 3.17. The van der Waals surface area contributed by atoms with Gasteiger partial charge in [0.05, 0.1) is 18.8 Å². The first-order valence-corrected chi connectivity index (χ1v) is 10.4. The third kappa shape index (κ3) is 5.96. The van der Waals surface area contributed by atoms with Crippen molar-refractivity contribution in [3.63, 3.8) is 0 Å². The van der Waals surface area contributed by atoms with Crippen molar-refractivity contribution in [1.29, 1.82) is 0 Å². The van der Waals surface area contributed by atoms with Crippen LogP contribution in [-0.4, -0.2) is 31.4 Å². The van der Waals surface area contributed by atoms with Gasteiger partial charge in [-0.05, 0) is 55.8 Å². The summed E-state index contributed by atoms with van der Waals surface area (Å²) in [5.41, 5.74) is 7.41. The number of hydrazine groups is 1. The Bertz CT molecular complexity index is 952. The molecule has 3 aromatic rings. The fourth-order valence-corrected chi connectivity index (χ4v) is 3.33. The van der Waals surface area contributed by atoms with Crippen molar-refractivity contribution in [1.82, 2.24) is 16.2 Å². The van der Waals surface area contributed by atoms with Crippen molar-refractivity contribution >= 4 is 17.5 Å². The second-order valence-corrected chi connectivity index (χ2v) is 6.96. The molecule has 1 heterocycles. The summed E-state index contributed by atoms with van der Waals surface area (Å²) in [7, 11) is 0. The fraction of sp³-hybridized carbons (Fsp3) is 0.250. The summed E-state index contributed by atoms with van der Waals surface area (Å²) in [4.78, 5) is 26.8. The number of nitrogens with zero attached hydrogens (tertiary/aromatic N) is 1. The van der Waals surface area contributed by atoms with Gasteiger partial charge < -0.3 is 9.32 Å². The number of hydrogen-bond acceptors (Lipinski definition) is 5. The lowest BCUT2D eigenvalue weighted by molar-refractivity contribution is -0.121. The molecule has 31 heavy (non-hydrogen) atoms. The molecular formula is C24H28N4O3. The van der Waals surface area contributed by atoms with Crippen LogP contribution in [0.5, 0.6) is 0 Å². The van der Waals surface area contributed by atoms with Crippen molar-refractivity contribution in [2.24, 2.45) is 0 Å². The van der Waals surface area contributed by atoms with Crippen LogP contribution in [0.3, 0.4) is 0 Å². The number of carbonyl (C=O) groups is 2. The maximum absolute atomic E-state index is 12.3. The van der Waals surface area contributed by atoms with Gasteiger partial charge in [0, 0.05) is 24.3 Å². The van der Waals surface area contributed by atoms with E-state index in [2.05, 4.69) is 34.9 Å². The van der Waals surface area contributed by atoms with Crippen LogP contribution in [0.15, 0.2) is 77.4 Å². The molecule has 3 rings (SSSR count). The van der Waals surface area contributed by atoms with Gasteiger partial charge in [-0.15, -0.1) is 0 Å². The number of amides is 2. The lowest BCUT2D eigenvalue weighted by atomic mass is 10.0. The van der Waals surface area contributed by atoms with E-state index in [0.717, 1.165) is 24.3 Å². The Morgan fingerprint density at radius 1 is 0.903 bits per heavy atom. The van der Waals surface area contributed by atoms with Crippen LogP contribution in [0.2, 0.25) is 0 Å². The number of carbonyl (C=O) groups excluding carboxylic acids is 2. The standard InChI is InChI=1S/C24H28N4O3/c1-3-28(4-2)20-14-12-19(13-15-20)24(30)27-26-22(29)17-25-23(21-11-8-16-31-21)18-9-6-5-7-10-18/h5-16,23,25H,3-4,17H2,1-2H3,(H,26,29)(H,27,30)/t23-/m0/s1. The van der Waals surface area contributed by atoms with Gasteiger partial charge in [-0.1, -0.05) is 30.3 Å². The van der Waals surface area contributed by atoms with Crippen molar-refractivity contribution < 1.29 is 14.0 Å². The number of anilines is 1. The van der Waals surface area contributed by atoms with E-state index in [1.165, 1.54) is 0 Å². The van der Waals surface area contributed by atoms with Crippen LogP contribution in [0, 0.1) is 0 Å². The predicted molar refractivity (Wildman–Crippen MR) is 121 cm³/mol. The largest absolute Gasteiger partial charge is 0.467 e. The monoisotopic (exact) mass is 420 g/mol. The number of hydrogen-bond donors (Lipinski definition) is 3. The van der Waals surface area contributed by atoms with Gasteiger partial charge in [0.15, 0.2) is 0 Å². The first-order valence-electron chi connectivity index (χ1n) is 10.4. The Morgan fingerprint density at radius 3 is 2.23 bits per heavy atom. The minimum absolute atomic E-state index is 0.00143. The molecule has 2 amide bonds. The molecule has 1 atom stereocenters. The van der Waals surface area contributed by atoms with Crippen LogP contribution in [0.1, 0.15) is 41.6 Å². The Labute approximate surface area is 182 Å². The maximum atomic E-state index is 12.3. The number of rotatable bonds is 9. The van der Waals surface area contributed by atoms with Crippen molar-refractivity contribution in [2.75, 3.05) is 24.5 Å². The zero-order chi connectivity index (χ0) is 22.1. The average molecular weight is 421 g/mol. The van der Waals surface area contributed by atoms with Crippen LogP contribution in [0.25, 0.3) is 0 Å². The van der Waals surface area contributed by atoms with Crippen molar-refractivity contribution in [3.05, 3.63) is 89.9 Å². The summed E-state index contributed by atoms with van der Waals surface area (Å²) >= 11 is 0. The van der Waals surface area contributed by atoms with Gasteiger partial charge in [-0.2, -0.15) is 0 Å². The topological polar surface area (TPSA) is 86.6 Å². The minimum Gasteiger partial charge on any atom is -0.467 e. The first kappa shape index (κ1) is 22.1. The molecule has 0 radical (unpaired) electrons. The highest BCUT2D eigenvalue weighted by Crippen LogP contribution is 2.22. The third-order valence-electron chi connectivity index (χ3n) is 5.00. The molecule has 1 aromatic heterocycles. The van der Waals surface area contributed by atoms with Gasteiger partial charge in [0.25, 0.3) is 11.8 Å². The lowest BCUT2D eigenvalue weighted by Gasteiger charge is -2.21. The molecule has 0 saturated heterocycles. The molecule has 0 unspecified atom stereocenters. The van der Waals surface area contributed by atoms with Crippen molar-refractivity contribution in [2.45, 2.75) is 19.9 Å². The minimum atomic E-state index is -0.370. The molecular weight excluding hydrogens is 392 g/mol. The van der Waals surface area contributed by atoms with E-state index in [9.17, 15) is 9.59 Å². The van der Waals surface area contributed by atoms with Crippen molar-refractivity contribution in [3.8, 4) is 0 Å². The normalized spacial score (nSPS) is 11.5. The van der Waals surface area contributed by atoms with E-state index < -0.39 is 0 Å². The molecule has 0 fully saturated rings. The molecule has 0 aliphatic rings. The van der Waals surface area contributed by atoms with E-state index in [0.29, 0.717) is 11.3 Å². The fourth-order valence-electron chi connectivity index (χ4n) is 3.33. The van der Waals surface area contributed by atoms with Crippen LogP contribution in [0.4, 0.5) is 5.69 Å². The molecule has 0 saturated carbocycles. The highest BCUT2D eigenvalue weighted by atomic mass is 16.3. The predicted octanol–water partition coefficient (Wildman–Crippen LogP) is 3.27. The zero-order valence-electron chi connectivity index (χ0n) is 17.8. The number of furan rings is 1. The molecule has 0 aliphatic carbocycles. The van der Waals surface area contributed by atoms with E-state index >= 15 is 0 Å². The third-order valence-corrected chi connectivity index (χ3v) is 5.00. The average Bonchev–Trinajstić information content (AvgIpc) is 3.34. The molecule has 0 spiro atoms. The molecule has 7 heteroatoms. The first-order chi connectivity index (χ1) is 15.1. The molecule has 3 N–H and O–H groups in total. The summed E-state index contributed by atoms with van der Waals surface area (Å²) in [5.74, 6) is -0.0259. The van der Waals surface area contributed by atoms with Crippen LogP contribution < -0.4 is 21.1 Å². The molecule has 162 valence electrons. The SMILES string of the molecule is CCN(CC)c1ccc(C(=O)NNC(=O)CN[C@@H](c2ccccc2)c2ccco2)cc1. The number of nitrogens with one attached hydrogen (secondary N) is 3. The van der Waals surface area contributed by atoms with Gasteiger partial charge in [0.1, 0.15) is 5.76 Å².